The van der Waals surface area contributed by atoms with Gasteiger partial charge in [0.2, 0.25) is 0 Å². The minimum Gasteiger partial charge on any atom is -0.490 e. The van der Waals surface area contributed by atoms with E-state index in [1.54, 1.807) is 36.4 Å². The lowest BCUT2D eigenvalue weighted by Crippen LogP contribution is -2.16. The Morgan fingerprint density at radius 1 is 0.824 bits per heavy atom. The molecule has 5 nitrogen and oxygen atoms in total. The van der Waals surface area contributed by atoms with Crippen LogP contribution in [0.1, 0.15) is 72.2 Å². The summed E-state index contributed by atoms with van der Waals surface area (Å²) in [6.45, 7) is 4.37. The summed E-state index contributed by atoms with van der Waals surface area (Å²) in [7, 11) is 0. The number of benzene rings is 3. The molecule has 3 aromatic rings. The monoisotopic (exact) mass is 460 g/mol. The third-order valence-corrected chi connectivity index (χ3v) is 5.39. The number of hydrogen-bond donors (Lipinski definition) is 0. The first-order valence-electron chi connectivity index (χ1n) is 11.9. The van der Waals surface area contributed by atoms with E-state index in [0.29, 0.717) is 16.9 Å². The van der Waals surface area contributed by atoms with Gasteiger partial charge in [0.1, 0.15) is 23.7 Å². The topological polar surface area (TPSA) is 61.8 Å². The molecule has 0 heterocycles. The predicted octanol–water partition coefficient (Wildman–Crippen LogP) is 7.00. The van der Waals surface area contributed by atoms with Gasteiger partial charge in [-0.1, -0.05) is 74.7 Å². The zero-order valence-corrected chi connectivity index (χ0v) is 19.9. The van der Waals surface area contributed by atoms with Gasteiger partial charge in [-0.15, -0.1) is 0 Å². The van der Waals surface area contributed by atoms with E-state index in [4.69, 9.17) is 14.2 Å². The Hall–Kier alpha value is -3.60. The van der Waals surface area contributed by atoms with Crippen molar-refractivity contribution < 1.29 is 23.8 Å². The number of carbonyl (C=O) groups excluding carboxylic acids is 2. The highest BCUT2D eigenvalue weighted by Crippen LogP contribution is 2.24. The fraction of sp³-hybridized carbons (Fsp3) is 0.310. The molecule has 0 aliphatic rings. The molecule has 0 saturated heterocycles. The minimum atomic E-state index is -0.538. The summed E-state index contributed by atoms with van der Waals surface area (Å²) >= 11 is 0. The van der Waals surface area contributed by atoms with Crippen LogP contribution in [0, 0.1) is 0 Å². The number of ether oxygens (including phenoxy) is 3. The van der Waals surface area contributed by atoms with Crippen molar-refractivity contribution in [1.82, 2.24) is 0 Å². The Kier molecular flexibility index (Phi) is 9.71. The third kappa shape index (κ3) is 7.77. The number of esters is 2. The molecule has 1 atom stereocenters. The summed E-state index contributed by atoms with van der Waals surface area (Å²) in [5, 5.41) is 0. The van der Waals surface area contributed by atoms with Crippen LogP contribution in [0.15, 0.2) is 78.9 Å². The number of rotatable bonds is 12. The van der Waals surface area contributed by atoms with Gasteiger partial charge in [0, 0.05) is 0 Å². The van der Waals surface area contributed by atoms with Crippen molar-refractivity contribution in [2.75, 3.05) is 0 Å². The van der Waals surface area contributed by atoms with Gasteiger partial charge >= 0.3 is 11.9 Å². The van der Waals surface area contributed by atoms with Gasteiger partial charge in [0.15, 0.2) is 0 Å². The lowest BCUT2D eigenvalue weighted by molar-refractivity contribution is 0.0471. The van der Waals surface area contributed by atoms with Gasteiger partial charge < -0.3 is 14.2 Å². The molecule has 0 unspecified atom stereocenters. The molecule has 0 aromatic heterocycles. The van der Waals surface area contributed by atoms with Crippen LogP contribution >= 0.6 is 0 Å². The van der Waals surface area contributed by atoms with E-state index in [-0.39, 0.29) is 18.5 Å². The van der Waals surface area contributed by atoms with Gasteiger partial charge in [-0.2, -0.15) is 0 Å². The van der Waals surface area contributed by atoms with E-state index in [9.17, 15) is 9.59 Å². The molecule has 0 aliphatic heterocycles. The normalized spacial score (nSPS) is 11.5. The average Bonchev–Trinajstić information content (AvgIpc) is 2.86. The van der Waals surface area contributed by atoms with Crippen molar-refractivity contribution in [2.24, 2.45) is 0 Å². The molecule has 5 heteroatoms. The molecule has 0 fully saturated rings. The minimum absolute atomic E-state index is 0.00600. The number of unbranched alkanes of at least 4 members (excludes halogenated alkanes) is 3. The first-order chi connectivity index (χ1) is 16.6. The molecule has 34 heavy (non-hydrogen) atoms. The van der Waals surface area contributed by atoms with Gasteiger partial charge in [-0.05, 0) is 55.7 Å². The van der Waals surface area contributed by atoms with E-state index in [1.807, 2.05) is 43.3 Å². The SMILES string of the molecule is CCCCCC[C@@H](C)Oc1ccccc1C(=O)Oc1cccc(C(=O)OCc2ccccc2)c1. The van der Waals surface area contributed by atoms with Crippen LogP contribution in [0.5, 0.6) is 11.5 Å². The molecule has 178 valence electrons. The summed E-state index contributed by atoms with van der Waals surface area (Å²) in [4.78, 5) is 25.3. The average molecular weight is 461 g/mol. The maximum Gasteiger partial charge on any atom is 0.347 e. The first-order valence-corrected chi connectivity index (χ1v) is 11.9. The maximum atomic E-state index is 12.9. The fourth-order valence-electron chi connectivity index (χ4n) is 3.53. The lowest BCUT2D eigenvalue weighted by atomic mass is 10.1. The van der Waals surface area contributed by atoms with Crippen LogP contribution in [0.4, 0.5) is 0 Å². The molecule has 0 saturated carbocycles. The summed E-state index contributed by atoms with van der Waals surface area (Å²) in [6, 6.07) is 22.9. The standard InChI is InChI=1S/C29H32O5/c1-3-4-5-7-13-22(2)33-27-19-11-10-18-26(27)29(31)34-25-17-12-16-24(20-25)28(30)32-21-23-14-8-6-9-15-23/h6,8-12,14-20,22H,3-5,7,13,21H2,1-2H3/t22-/m1/s1. The fourth-order valence-corrected chi connectivity index (χ4v) is 3.53. The number of para-hydroxylation sites is 1. The molecule has 0 bridgehead atoms. The Bertz CT molecular complexity index is 1060. The number of hydrogen-bond acceptors (Lipinski definition) is 5. The highest BCUT2D eigenvalue weighted by molar-refractivity contribution is 5.94. The van der Waals surface area contributed by atoms with E-state index >= 15 is 0 Å². The summed E-state index contributed by atoms with van der Waals surface area (Å²) in [5.74, 6) is -0.263. The number of carbonyl (C=O) groups is 2. The highest BCUT2D eigenvalue weighted by Gasteiger charge is 2.17. The first kappa shape index (κ1) is 25.0. The van der Waals surface area contributed by atoms with Crippen LogP contribution in [-0.4, -0.2) is 18.0 Å². The molecule has 0 N–H and O–H groups in total. The Morgan fingerprint density at radius 2 is 1.59 bits per heavy atom. The molecule has 0 radical (unpaired) electrons. The van der Waals surface area contributed by atoms with Gasteiger partial charge in [-0.3, -0.25) is 0 Å². The zero-order valence-electron chi connectivity index (χ0n) is 19.9. The van der Waals surface area contributed by atoms with E-state index in [0.717, 1.165) is 18.4 Å². The lowest BCUT2D eigenvalue weighted by Gasteiger charge is -2.17. The molecule has 0 amide bonds. The Morgan fingerprint density at radius 3 is 2.38 bits per heavy atom. The second-order valence-corrected chi connectivity index (χ2v) is 8.25. The van der Waals surface area contributed by atoms with Crippen molar-refractivity contribution in [3.63, 3.8) is 0 Å². The Balaban J connectivity index is 1.61. The van der Waals surface area contributed by atoms with E-state index in [2.05, 4.69) is 6.92 Å². The van der Waals surface area contributed by atoms with E-state index < -0.39 is 11.9 Å². The molecular formula is C29H32O5. The summed E-state index contributed by atoms with van der Waals surface area (Å²) < 4.78 is 17.0. The van der Waals surface area contributed by atoms with Crippen LogP contribution in [0.2, 0.25) is 0 Å². The quantitative estimate of drug-likeness (QED) is 0.165. The van der Waals surface area contributed by atoms with Crippen LogP contribution in [0.3, 0.4) is 0 Å². The second-order valence-electron chi connectivity index (χ2n) is 8.25. The molecule has 3 rings (SSSR count). The van der Waals surface area contributed by atoms with Crippen LogP contribution in [0.25, 0.3) is 0 Å². The molecule has 0 spiro atoms. The van der Waals surface area contributed by atoms with Crippen LogP contribution in [-0.2, 0) is 11.3 Å². The maximum absolute atomic E-state index is 12.9. The van der Waals surface area contributed by atoms with Crippen LogP contribution < -0.4 is 9.47 Å². The third-order valence-electron chi connectivity index (χ3n) is 5.39. The summed E-state index contributed by atoms with van der Waals surface area (Å²) in [5.41, 5.74) is 1.56. The molecular weight excluding hydrogens is 428 g/mol. The van der Waals surface area contributed by atoms with Crippen molar-refractivity contribution in [3.8, 4) is 11.5 Å². The predicted molar refractivity (Wildman–Crippen MR) is 132 cm³/mol. The molecule has 0 aliphatic carbocycles. The zero-order chi connectivity index (χ0) is 24.2. The van der Waals surface area contributed by atoms with Gasteiger partial charge in [0.25, 0.3) is 0 Å². The molecule has 3 aromatic carbocycles. The van der Waals surface area contributed by atoms with Crippen molar-refractivity contribution in [3.05, 3.63) is 95.6 Å². The highest BCUT2D eigenvalue weighted by atomic mass is 16.5. The smallest absolute Gasteiger partial charge is 0.347 e. The van der Waals surface area contributed by atoms with Gasteiger partial charge in [-0.25, -0.2) is 9.59 Å². The van der Waals surface area contributed by atoms with Gasteiger partial charge in [0.05, 0.1) is 11.7 Å². The second kappa shape index (κ2) is 13.2. The summed E-state index contributed by atoms with van der Waals surface area (Å²) in [6.07, 6.45) is 5.60. The van der Waals surface area contributed by atoms with E-state index in [1.165, 1.54) is 25.3 Å². The van der Waals surface area contributed by atoms with Crippen molar-refractivity contribution in [1.29, 1.82) is 0 Å². The Labute approximate surface area is 201 Å². The van der Waals surface area contributed by atoms with Crippen molar-refractivity contribution >= 4 is 11.9 Å². The van der Waals surface area contributed by atoms with Crippen molar-refractivity contribution in [2.45, 2.75) is 58.7 Å². The largest absolute Gasteiger partial charge is 0.490 e.